The lowest BCUT2D eigenvalue weighted by molar-refractivity contribution is -0.130. The molecule has 7 nitrogen and oxygen atoms in total. The number of hydrogen-bond acceptors (Lipinski definition) is 5. The molecule has 0 heterocycles. The van der Waals surface area contributed by atoms with E-state index in [2.05, 4.69) is 43.5 Å². The lowest BCUT2D eigenvalue weighted by Gasteiger charge is -2.22. The van der Waals surface area contributed by atoms with Gasteiger partial charge in [-0.3, -0.25) is 9.35 Å². The fourth-order valence-corrected chi connectivity index (χ4v) is 7.26. The summed E-state index contributed by atoms with van der Waals surface area (Å²) in [5, 5.41) is 23.4. The molecule has 0 aliphatic heterocycles. The molecule has 0 saturated heterocycles. The highest BCUT2D eigenvalue weighted by Crippen LogP contribution is 2.14. The van der Waals surface area contributed by atoms with Crippen LogP contribution in [0.25, 0.3) is 0 Å². The summed E-state index contributed by atoms with van der Waals surface area (Å²) in [5.74, 6) is -1.56. The average molecular weight is 754 g/mol. The molecule has 0 fully saturated rings. The molecule has 0 aromatic rings. The molecule has 0 aliphatic carbocycles. The summed E-state index contributed by atoms with van der Waals surface area (Å²) in [7, 11) is -4.45. The Morgan fingerprint density at radius 2 is 0.865 bits per heavy atom. The van der Waals surface area contributed by atoms with Crippen molar-refractivity contribution < 1.29 is 28.0 Å². The van der Waals surface area contributed by atoms with Crippen molar-refractivity contribution in [2.75, 3.05) is 5.75 Å². The molecule has 0 rings (SSSR count). The minimum absolute atomic E-state index is 0.267. The van der Waals surface area contributed by atoms with Crippen molar-refractivity contribution in [3.63, 3.8) is 0 Å². The van der Waals surface area contributed by atoms with E-state index < -0.39 is 40.0 Å². The zero-order valence-corrected chi connectivity index (χ0v) is 34.6. The van der Waals surface area contributed by atoms with Gasteiger partial charge in [-0.15, -0.1) is 0 Å². The topological polar surface area (TPSA) is 124 Å². The zero-order valence-electron chi connectivity index (χ0n) is 33.8. The zero-order chi connectivity index (χ0) is 38.4. The highest BCUT2D eigenvalue weighted by molar-refractivity contribution is 7.85. The van der Waals surface area contributed by atoms with Gasteiger partial charge < -0.3 is 15.5 Å². The van der Waals surface area contributed by atoms with Gasteiger partial charge in [-0.05, 0) is 57.8 Å². The summed E-state index contributed by atoms with van der Waals surface area (Å²) < 4.78 is 32.5. The van der Waals surface area contributed by atoms with Crippen LogP contribution in [0.5, 0.6) is 0 Å². The molecule has 8 heteroatoms. The van der Waals surface area contributed by atoms with Gasteiger partial charge >= 0.3 is 0 Å². The summed E-state index contributed by atoms with van der Waals surface area (Å²) in [5.41, 5.74) is 0. The molecule has 0 saturated carbocycles. The Labute approximate surface area is 321 Å². The van der Waals surface area contributed by atoms with Crippen LogP contribution < -0.4 is 5.32 Å². The van der Waals surface area contributed by atoms with E-state index in [1.807, 2.05) is 0 Å². The Morgan fingerprint density at radius 1 is 0.519 bits per heavy atom. The number of carbonyl (C=O) groups excluding carboxylic acids is 1. The van der Waals surface area contributed by atoms with Crippen LogP contribution in [-0.4, -0.2) is 53.1 Å². The van der Waals surface area contributed by atoms with Crippen LogP contribution >= 0.6 is 0 Å². The molecule has 0 bridgehead atoms. The van der Waals surface area contributed by atoms with Gasteiger partial charge in [0.1, 0.15) is 6.10 Å². The molecule has 0 radical (unpaired) electrons. The second kappa shape index (κ2) is 37.8. The number of aliphatic hydroxyl groups excluding tert-OH is 2. The third kappa shape index (κ3) is 36.9. The van der Waals surface area contributed by atoms with Gasteiger partial charge in [-0.1, -0.05) is 192 Å². The van der Waals surface area contributed by atoms with Gasteiger partial charge in [0.2, 0.25) is 5.91 Å². The smallest absolute Gasteiger partial charge is 0.267 e. The highest BCUT2D eigenvalue weighted by Gasteiger charge is 2.27. The molecule has 0 aromatic carbocycles. The first-order valence-corrected chi connectivity index (χ1v) is 23.4. The predicted molar refractivity (Wildman–Crippen MR) is 222 cm³/mol. The van der Waals surface area contributed by atoms with E-state index in [0.717, 1.165) is 38.5 Å². The fraction of sp³-hybridized carbons (Fsp3) is 0.841. The van der Waals surface area contributed by atoms with E-state index in [1.165, 1.54) is 147 Å². The first kappa shape index (κ1) is 50.5. The first-order chi connectivity index (χ1) is 25.2. The first-order valence-electron chi connectivity index (χ1n) is 21.8. The van der Waals surface area contributed by atoms with Gasteiger partial charge in [0.25, 0.3) is 10.1 Å². The van der Waals surface area contributed by atoms with Gasteiger partial charge in [0.15, 0.2) is 0 Å². The molecule has 306 valence electrons. The van der Waals surface area contributed by atoms with Crippen molar-refractivity contribution in [1.82, 2.24) is 5.32 Å². The van der Waals surface area contributed by atoms with E-state index in [1.54, 1.807) is 6.08 Å². The molecule has 1 amide bonds. The molecular formula is C44H83NO6S. The standard InChI is InChI=1S/C44H83NO6S/c1-3-5-7-9-11-13-15-17-19-20-21-22-23-25-27-29-31-33-35-37-39-43(47)44(48)45-41(40-52(49,50)51)42(46)38-36-34-32-30-28-26-24-18-16-14-12-10-8-6-4-2/h22-23,28,30,36,38,41-43,46-47H,3-21,24-27,29,31-35,37,39-40H2,1-2H3,(H,45,48)(H,49,50,51)/b23-22-,30-28+,38-36+. The Hall–Kier alpha value is -1.48. The van der Waals surface area contributed by atoms with Gasteiger partial charge in [0.05, 0.1) is 17.9 Å². The summed E-state index contributed by atoms with van der Waals surface area (Å²) >= 11 is 0. The van der Waals surface area contributed by atoms with Gasteiger partial charge in [-0.2, -0.15) is 8.42 Å². The molecule has 0 aromatic heterocycles. The maximum atomic E-state index is 12.6. The quantitative estimate of drug-likeness (QED) is 0.0281. The maximum Gasteiger partial charge on any atom is 0.267 e. The van der Waals surface area contributed by atoms with Gasteiger partial charge in [-0.25, -0.2) is 0 Å². The largest absolute Gasteiger partial charge is 0.387 e. The average Bonchev–Trinajstić information content (AvgIpc) is 3.11. The monoisotopic (exact) mass is 754 g/mol. The fourth-order valence-electron chi connectivity index (χ4n) is 6.53. The molecule has 0 aliphatic rings. The van der Waals surface area contributed by atoms with Crippen molar-refractivity contribution in [2.24, 2.45) is 0 Å². The molecule has 52 heavy (non-hydrogen) atoms. The molecule has 4 N–H and O–H groups in total. The Kier molecular flexibility index (Phi) is 36.7. The van der Waals surface area contributed by atoms with Crippen molar-refractivity contribution in [3.8, 4) is 0 Å². The second-order valence-electron chi connectivity index (χ2n) is 15.1. The molecular weight excluding hydrogens is 671 g/mol. The van der Waals surface area contributed by atoms with E-state index in [9.17, 15) is 28.0 Å². The van der Waals surface area contributed by atoms with Crippen molar-refractivity contribution in [3.05, 3.63) is 36.5 Å². The molecule has 3 unspecified atom stereocenters. The number of unbranched alkanes of at least 4 members (excludes halogenated alkanes) is 26. The lowest BCUT2D eigenvalue weighted by atomic mass is 10.0. The molecule has 0 spiro atoms. The number of amides is 1. The number of aliphatic hydroxyl groups is 2. The van der Waals surface area contributed by atoms with Crippen LogP contribution in [0.15, 0.2) is 36.5 Å². The maximum absolute atomic E-state index is 12.6. The van der Waals surface area contributed by atoms with Crippen LogP contribution in [0, 0.1) is 0 Å². The number of nitrogens with one attached hydrogen (secondary N) is 1. The third-order valence-corrected chi connectivity index (χ3v) is 10.7. The number of rotatable bonds is 39. The van der Waals surface area contributed by atoms with Crippen molar-refractivity contribution in [2.45, 2.75) is 231 Å². The van der Waals surface area contributed by atoms with E-state index in [-0.39, 0.29) is 6.42 Å². The van der Waals surface area contributed by atoms with Crippen LogP contribution in [0.4, 0.5) is 0 Å². The predicted octanol–water partition coefficient (Wildman–Crippen LogP) is 11.9. The number of carbonyl (C=O) groups is 1. The Bertz CT molecular complexity index is 979. The summed E-state index contributed by atoms with van der Waals surface area (Å²) in [6.45, 7) is 4.51. The normalized spacial score (nSPS) is 14.2. The summed E-state index contributed by atoms with van der Waals surface area (Å²) in [6, 6.07) is -1.25. The van der Waals surface area contributed by atoms with Crippen LogP contribution in [0.2, 0.25) is 0 Å². The Balaban J connectivity index is 4.03. The Morgan fingerprint density at radius 3 is 1.27 bits per heavy atom. The SMILES string of the molecule is CCCCCCCCCCC/C=C/CC/C=C/C(O)C(CS(=O)(=O)O)NC(=O)C(O)CCCCCCCC/C=C\CCCCCCCCCCCC. The summed E-state index contributed by atoms with van der Waals surface area (Å²) in [4.78, 5) is 12.6. The number of allylic oxidation sites excluding steroid dienone is 5. The van der Waals surface area contributed by atoms with E-state index in [4.69, 9.17) is 0 Å². The van der Waals surface area contributed by atoms with Crippen LogP contribution in [-0.2, 0) is 14.9 Å². The lowest BCUT2D eigenvalue weighted by Crippen LogP contribution is -2.50. The second-order valence-corrected chi connectivity index (χ2v) is 16.6. The van der Waals surface area contributed by atoms with Crippen molar-refractivity contribution >= 4 is 16.0 Å². The summed E-state index contributed by atoms with van der Waals surface area (Å²) in [6.07, 6.45) is 46.3. The third-order valence-electron chi connectivity index (χ3n) is 9.90. The minimum atomic E-state index is -4.45. The minimum Gasteiger partial charge on any atom is -0.387 e. The van der Waals surface area contributed by atoms with Crippen LogP contribution in [0.3, 0.4) is 0 Å². The van der Waals surface area contributed by atoms with Gasteiger partial charge in [0, 0.05) is 0 Å². The molecule has 3 atom stereocenters. The van der Waals surface area contributed by atoms with Crippen molar-refractivity contribution in [1.29, 1.82) is 0 Å². The van der Waals surface area contributed by atoms with Crippen LogP contribution in [0.1, 0.15) is 213 Å². The highest BCUT2D eigenvalue weighted by atomic mass is 32.2. The number of hydrogen-bond donors (Lipinski definition) is 4. The van der Waals surface area contributed by atoms with E-state index >= 15 is 0 Å². The van der Waals surface area contributed by atoms with E-state index in [0.29, 0.717) is 12.8 Å².